The molecule has 1 saturated heterocycles. The molecule has 1 aliphatic rings. The molecule has 31 nitrogen and oxygen atoms in total. The van der Waals surface area contributed by atoms with Gasteiger partial charge in [0.25, 0.3) is 11.8 Å². The lowest BCUT2D eigenvalue weighted by molar-refractivity contribution is -0.144. The van der Waals surface area contributed by atoms with Crippen LogP contribution in [0.2, 0.25) is 5.02 Å². The fourth-order valence-corrected chi connectivity index (χ4v) is 12.9. The van der Waals surface area contributed by atoms with Crippen molar-refractivity contribution in [1.29, 1.82) is 0 Å². The average molecular weight is 1580 g/mol. The maximum atomic E-state index is 15.3. The number of likely N-dealkylation sites (N-methyl/N-ethyl adjacent to an activating group) is 1. The van der Waals surface area contributed by atoms with Crippen LogP contribution in [0.15, 0.2) is 140 Å². The van der Waals surface area contributed by atoms with Gasteiger partial charge in [0.05, 0.1) is 6.61 Å². The van der Waals surface area contributed by atoms with E-state index in [9.17, 15) is 63.0 Å². The molecule has 6 aromatic rings. The smallest absolute Gasteiger partial charge is 0.325 e. The van der Waals surface area contributed by atoms with E-state index in [-0.39, 0.29) is 79.9 Å². The molecule has 0 unspecified atom stereocenters. The molecule has 2 heterocycles. The van der Waals surface area contributed by atoms with Crippen LogP contribution in [0.3, 0.4) is 0 Å². The molecule has 13 amide bonds. The molecule has 113 heavy (non-hydrogen) atoms. The average Bonchev–Trinajstić information content (AvgIpc) is 1.75. The Hall–Kier alpha value is -11.7. The van der Waals surface area contributed by atoms with Crippen molar-refractivity contribution in [3.8, 4) is 0 Å². The predicted molar refractivity (Wildman–Crippen MR) is 423 cm³/mol. The van der Waals surface area contributed by atoms with Gasteiger partial charge in [0, 0.05) is 100 Å². The van der Waals surface area contributed by atoms with Gasteiger partial charge in [0.1, 0.15) is 54.4 Å². The molecule has 0 aliphatic carbocycles. The molecule has 10 atom stereocenters. The van der Waals surface area contributed by atoms with Gasteiger partial charge in [0.15, 0.2) is 6.17 Å². The van der Waals surface area contributed by atoms with Crippen molar-refractivity contribution in [3.63, 3.8) is 0 Å². The first-order valence-electron chi connectivity index (χ1n) is 37.5. The zero-order chi connectivity index (χ0) is 82.6. The molecular formula is C81H102ClN15O16. The number of pyridine rings is 1. The van der Waals surface area contributed by atoms with Crippen LogP contribution in [0.25, 0.3) is 10.8 Å². The minimum absolute atomic E-state index is 0.00916. The number of anilines is 2. The first-order valence-corrected chi connectivity index (χ1v) is 37.8. The number of fused-ring (bicyclic) bond motifs is 1. The van der Waals surface area contributed by atoms with E-state index >= 15 is 14.4 Å². The number of unbranched alkanes of at least 4 members (excludes halogenated alkanes) is 1. The third-order valence-electron chi connectivity index (χ3n) is 18.6. The van der Waals surface area contributed by atoms with Crippen molar-refractivity contribution in [2.24, 2.45) is 5.92 Å². The summed E-state index contributed by atoms with van der Waals surface area (Å²) in [6.07, 6.45) is 1.56. The van der Waals surface area contributed by atoms with Crippen LogP contribution in [-0.2, 0) is 88.0 Å². The highest BCUT2D eigenvalue weighted by Crippen LogP contribution is 2.23. The monoisotopic (exact) mass is 1580 g/mol. The Morgan fingerprint density at radius 3 is 1.55 bits per heavy atom. The van der Waals surface area contributed by atoms with Gasteiger partial charge in [-0.25, -0.2) is 0 Å². The van der Waals surface area contributed by atoms with Gasteiger partial charge in [-0.15, -0.1) is 0 Å². The molecule has 1 aliphatic heterocycles. The van der Waals surface area contributed by atoms with Gasteiger partial charge in [-0.2, -0.15) is 0 Å². The number of likely N-dealkylation sites (tertiary alicyclic amines) is 1. The summed E-state index contributed by atoms with van der Waals surface area (Å²) in [6.45, 7) is 12.2. The Labute approximate surface area is 660 Å². The summed E-state index contributed by atoms with van der Waals surface area (Å²) in [6, 6.07) is 21.1. The number of halogens is 1. The molecule has 0 bridgehead atoms. The lowest BCUT2D eigenvalue weighted by Crippen LogP contribution is -2.64. The van der Waals surface area contributed by atoms with Crippen LogP contribution in [0.5, 0.6) is 0 Å². The number of nitrogens with zero attached hydrogens (tertiary/aromatic N) is 3. The first kappa shape index (κ1) is 88.5. The zero-order valence-electron chi connectivity index (χ0n) is 64.7. The summed E-state index contributed by atoms with van der Waals surface area (Å²) in [5, 5.41) is 55.1. The number of carbonyl (C=O) groups excluding carboxylic acids is 13. The van der Waals surface area contributed by atoms with Crippen molar-refractivity contribution in [2.75, 3.05) is 37.4 Å². The Balaban J connectivity index is 1.20. The molecule has 14 N–H and O–H groups in total. The number of carbonyl (C=O) groups is 14. The van der Waals surface area contributed by atoms with E-state index in [0.717, 1.165) is 15.7 Å². The Morgan fingerprint density at radius 2 is 1.02 bits per heavy atom. The molecule has 5 aromatic carbocycles. The zero-order valence-corrected chi connectivity index (χ0v) is 65.5. The summed E-state index contributed by atoms with van der Waals surface area (Å²) in [4.78, 5) is 203. The number of carboxylic acids is 1. The molecule has 0 radical (unpaired) electrons. The van der Waals surface area contributed by atoms with Crippen molar-refractivity contribution in [3.05, 3.63) is 173 Å². The van der Waals surface area contributed by atoms with E-state index in [4.69, 9.17) is 11.6 Å². The van der Waals surface area contributed by atoms with Gasteiger partial charge in [-0.1, -0.05) is 112 Å². The summed E-state index contributed by atoms with van der Waals surface area (Å²) >= 11 is 6.18. The Bertz CT molecular complexity index is 4340. The number of aliphatic hydroxyl groups excluding tert-OH is 1. The number of nitrogens with one attached hydrogen (secondary N) is 12. The number of aliphatic hydroxyl groups is 1. The number of benzene rings is 5. The van der Waals surface area contributed by atoms with Crippen LogP contribution < -0.4 is 63.8 Å². The molecular weight excluding hydrogens is 1470 g/mol. The predicted octanol–water partition coefficient (Wildman–Crippen LogP) is 3.49. The number of rotatable bonds is 40. The highest BCUT2D eigenvalue weighted by atomic mass is 35.5. The second-order valence-corrected chi connectivity index (χ2v) is 29.2. The third kappa shape index (κ3) is 27.9. The van der Waals surface area contributed by atoms with Crippen molar-refractivity contribution in [2.45, 2.75) is 186 Å². The summed E-state index contributed by atoms with van der Waals surface area (Å²) in [5.41, 5.74) is 2.58. The quantitative estimate of drug-likeness (QED) is 0.0193. The Morgan fingerprint density at radius 1 is 0.522 bits per heavy atom. The molecule has 0 saturated carbocycles. The SMILES string of the molecule is CC(=O)Nc1ccc(C[C@H](NC(=O)[C@H](CO)NC(=O)[C@@H](Cc2cccnc2)NC(=O)[C@@H](NC(=O)[C@@H](Cc2ccc3ccccc3c2)NC(C)=O)N(C)C(=O)c2ccc(Cl)cc2)C(=O)N[C@H](Cc2ccc(NC(C)=O)cc2)C(=O)N[C@@H](CC(C)C)C(=O)N[C@@H](CCCCNC(C)C)C(=O)N2CCC[C@H]2C(=O)N[C@H](C)C(=O)O)cc1. The van der Waals surface area contributed by atoms with Gasteiger partial charge in [-0.05, 0) is 146 Å². The second-order valence-electron chi connectivity index (χ2n) is 28.7. The molecule has 32 heteroatoms. The highest BCUT2D eigenvalue weighted by molar-refractivity contribution is 6.30. The van der Waals surface area contributed by atoms with Crippen LogP contribution in [0, 0.1) is 5.92 Å². The summed E-state index contributed by atoms with van der Waals surface area (Å²) in [5.74, 6) is -12.1. The molecule has 604 valence electrons. The number of aliphatic carboxylic acids is 1. The Kier molecular flexibility index (Phi) is 33.8. The standard InChI is InChI=1S/C81H102ClN15O16/c1-46(2)38-63(71(102)89-62(19-12-13-36-84-47(3)4)80(111)97-37-15-20-69(97)77(108)85-48(5)81(112)113)90-72(103)65(40-52-22-31-60(32-23-52)86-49(6)99)91-73(104)66(41-53-24-33-61(34-25-53)87-50(7)100)92-76(107)68(45-98)94-74(105)67(43-55-16-14-35-83-44-55)93-78(109)70(96(9)79(110)57-27-29-59(82)30-28-57)95-75(106)64(88-51(8)101)42-54-21-26-56-17-10-11-18-58(56)39-54/h10-11,14,16-18,21-35,39,44,46-48,62-70,84,98H,12-13,15,19-20,36-38,40-43,45H2,1-9H3,(H,85,108)(H,86,99)(H,87,100)(H,88,101)(H,89,102)(H,90,103)(H,91,104)(H,92,107)(H,93,109)(H,94,105)(H,95,106)(H,112,113)/t48-,62+,63+,64-,65-,66+,67-,68+,69+,70+/m1/s1. The normalized spacial score (nSPS) is 14.9. The van der Waals surface area contributed by atoms with Crippen molar-refractivity contribution in [1.82, 2.24) is 68.0 Å². The van der Waals surface area contributed by atoms with Gasteiger partial charge in [-0.3, -0.25) is 72.1 Å². The van der Waals surface area contributed by atoms with Gasteiger partial charge in [0.2, 0.25) is 65.0 Å². The van der Waals surface area contributed by atoms with Crippen LogP contribution in [0.1, 0.15) is 127 Å². The van der Waals surface area contributed by atoms with E-state index in [1.807, 2.05) is 50.2 Å². The maximum absolute atomic E-state index is 15.3. The highest BCUT2D eigenvalue weighted by Gasteiger charge is 2.41. The summed E-state index contributed by atoms with van der Waals surface area (Å²) < 4.78 is 0. The number of hydrogen-bond donors (Lipinski definition) is 14. The lowest BCUT2D eigenvalue weighted by atomic mass is 9.99. The van der Waals surface area contributed by atoms with E-state index in [1.54, 1.807) is 68.4 Å². The first-order chi connectivity index (χ1) is 53.7. The van der Waals surface area contributed by atoms with E-state index < -0.39 is 144 Å². The number of carboxylic acid groups (broad SMARTS) is 1. The van der Waals surface area contributed by atoms with Crippen LogP contribution in [-0.4, -0.2) is 201 Å². The molecule has 1 aromatic heterocycles. The van der Waals surface area contributed by atoms with Crippen molar-refractivity contribution >= 4 is 117 Å². The maximum Gasteiger partial charge on any atom is 0.325 e. The summed E-state index contributed by atoms with van der Waals surface area (Å²) in [7, 11) is 1.22. The number of hydrogen-bond acceptors (Lipinski definition) is 17. The fourth-order valence-electron chi connectivity index (χ4n) is 12.8. The second kappa shape index (κ2) is 43.2. The number of aromatic nitrogens is 1. The topological polar surface area (TPSA) is 443 Å². The fraction of sp³-hybridized carbons (Fsp3) is 0.420. The van der Waals surface area contributed by atoms with Gasteiger partial charge < -0.3 is 83.8 Å². The molecule has 0 spiro atoms. The molecule has 7 rings (SSSR count). The molecule has 1 fully saturated rings. The van der Waals surface area contributed by atoms with Crippen LogP contribution in [0.4, 0.5) is 11.4 Å². The van der Waals surface area contributed by atoms with Crippen molar-refractivity contribution < 1.29 is 77.3 Å². The van der Waals surface area contributed by atoms with E-state index in [0.29, 0.717) is 59.4 Å². The van der Waals surface area contributed by atoms with E-state index in [2.05, 4.69) is 68.8 Å². The van der Waals surface area contributed by atoms with Crippen LogP contribution >= 0.6 is 11.6 Å². The van der Waals surface area contributed by atoms with Gasteiger partial charge >= 0.3 is 5.97 Å². The van der Waals surface area contributed by atoms with E-state index in [1.165, 1.54) is 88.4 Å². The minimum atomic E-state index is -1.94. The third-order valence-corrected chi connectivity index (χ3v) is 18.8. The minimum Gasteiger partial charge on any atom is -0.480 e. The number of amides is 13. The largest absolute Gasteiger partial charge is 0.480 e. The lowest BCUT2D eigenvalue weighted by Gasteiger charge is -2.31.